The highest BCUT2D eigenvalue weighted by Gasteiger charge is 2.27. The van der Waals surface area contributed by atoms with Crippen LogP contribution in [0.2, 0.25) is 5.02 Å². The molecule has 0 fully saturated rings. The van der Waals surface area contributed by atoms with Gasteiger partial charge in [-0.1, -0.05) is 23.7 Å². The summed E-state index contributed by atoms with van der Waals surface area (Å²) in [5.74, 6) is -1.55. The summed E-state index contributed by atoms with van der Waals surface area (Å²) in [6, 6.07) is 11.8. The van der Waals surface area contributed by atoms with Crippen molar-refractivity contribution in [2.24, 2.45) is 0 Å². The van der Waals surface area contributed by atoms with Gasteiger partial charge in [0.25, 0.3) is 5.56 Å². The summed E-state index contributed by atoms with van der Waals surface area (Å²) < 4.78 is 2.36. The van der Waals surface area contributed by atoms with Crippen molar-refractivity contribution in [3.63, 3.8) is 0 Å². The van der Waals surface area contributed by atoms with Crippen molar-refractivity contribution in [2.75, 3.05) is 5.32 Å². The maximum atomic E-state index is 13.3. The molecule has 1 amide bonds. The van der Waals surface area contributed by atoms with Crippen molar-refractivity contribution in [3.8, 4) is 5.69 Å². The highest BCUT2D eigenvalue weighted by molar-refractivity contribution is 7.09. The predicted octanol–water partition coefficient (Wildman–Crippen LogP) is 4.05. The number of carboxylic acids is 1. The fourth-order valence-electron chi connectivity index (χ4n) is 4.20. The number of hydrogen-bond acceptors (Lipinski definition) is 5. The number of benzene rings is 2. The monoisotopic (exact) mass is 508 g/mol. The zero-order valence-electron chi connectivity index (χ0n) is 18.2. The summed E-state index contributed by atoms with van der Waals surface area (Å²) in [5.41, 5.74) is 0.433. The second-order valence-electron chi connectivity index (χ2n) is 7.90. The number of carboxylic acid groups (broad SMARTS) is 1. The van der Waals surface area contributed by atoms with Gasteiger partial charge >= 0.3 is 11.7 Å². The van der Waals surface area contributed by atoms with Gasteiger partial charge in [-0.3, -0.25) is 9.59 Å². The van der Waals surface area contributed by atoms with Gasteiger partial charge in [0.15, 0.2) is 5.69 Å². The Morgan fingerprint density at radius 3 is 2.66 bits per heavy atom. The highest BCUT2D eigenvalue weighted by atomic mass is 35.5. The molecule has 176 valence electrons. The quantitative estimate of drug-likeness (QED) is 0.330. The van der Waals surface area contributed by atoms with E-state index in [-0.39, 0.29) is 29.2 Å². The van der Waals surface area contributed by atoms with Crippen LogP contribution in [0.1, 0.15) is 23.0 Å². The van der Waals surface area contributed by atoms with Crippen molar-refractivity contribution in [3.05, 3.63) is 90.3 Å². The van der Waals surface area contributed by atoms with Gasteiger partial charge in [0.05, 0.1) is 22.1 Å². The molecule has 0 aliphatic rings. The molecule has 35 heavy (non-hydrogen) atoms. The number of thiophene rings is 1. The number of nitrogens with zero attached hydrogens (tertiary/aromatic N) is 2. The Labute approximate surface area is 205 Å². The number of fused-ring (bicyclic) bond motifs is 2. The molecule has 5 rings (SSSR count). The van der Waals surface area contributed by atoms with Gasteiger partial charge in [-0.25, -0.2) is 14.2 Å². The lowest BCUT2D eigenvalue weighted by Gasteiger charge is -2.11. The standard InChI is InChI=1S/C24H17ClN4O5S/c1-12(30)26-15-4-2-3-13(7-15)9-28-19-6-5-14(25)8-16(19)20(21(28)23(32)33)29-22(31)17-10-35-11-18(17)27-24(29)34/h2-8,10-11H,9H2,1H3,(H,26,30)(H,27,34)(H,32,33). The topological polar surface area (TPSA) is 126 Å². The van der Waals surface area contributed by atoms with Crippen LogP contribution in [-0.4, -0.2) is 31.1 Å². The molecular weight excluding hydrogens is 492 g/mol. The Kier molecular flexibility index (Phi) is 5.54. The third-order valence-corrected chi connectivity index (χ3v) is 6.53. The molecule has 0 unspecified atom stereocenters. The van der Waals surface area contributed by atoms with Crippen LogP contribution in [0.15, 0.2) is 62.8 Å². The summed E-state index contributed by atoms with van der Waals surface area (Å²) in [7, 11) is 0. The third-order valence-electron chi connectivity index (χ3n) is 5.55. The van der Waals surface area contributed by atoms with Crippen molar-refractivity contribution in [1.29, 1.82) is 0 Å². The molecule has 3 N–H and O–H groups in total. The van der Waals surface area contributed by atoms with E-state index in [1.807, 2.05) is 0 Å². The Morgan fingerprint density at radius 1 is 1.11 bits per heavy atom. The Morgan fingerprint density at radius 2 is 1.91 bits per heavy atom. The first-order valence-electron chi connectivity index (χ1n) is 10.4. The number of aromatic carboxylic acids is 1. The second-order valence-corrected chi connectivity index (χ2v) is 9.08. The fourth-order valence-corrected chi connectivity index (χ4v) is 5.12. The van der Waals surface area contributed by atoms with Gasteiger partial charge in [-0.15, -0.1) is 11.3 Å². The van der Waals surface area contributed by atoms with E-state index in [1.165, 1.54) is 28.9 Å². The summed E-state index contributed by atoms with van der Waals surface area (Å²) in [6.07, 6.45) is 0. The normalized spacial score (nSPS) is 11.3. The van der Waals surface area contributed by atoms with E-state index in [2.05, 4.69) is 10.3 Å². The SMILES string of the molecule is CC(=O)Nc1cccc(Cn2c(C(=O)O)c(-n3c(=O)[nH]c4cscc4c3=O)c3cc(Cl)ccc32)c1. The van der Waals surface area contributed by atoms with E-state index in [1.54, 1.807) is 47.2 Å². The number of amides is 1. The number of halogens is 1. The lowest BCUT2D eigenvalue weighted by Crippen LogP contribution is -2.34. The average Bonchev–Trinajstić information content (AvgIpc) is 3.37. The summed E-state index contributed by atoms with van der Waals surface area (Å²) in [4.78, 5) is 53.0. The van der Waals surface area contributed by atoms with Crippen LogP contribution >= 0.6 is 22.9 Å². The van der Waals surface area contributed by atoms with E-state index in [0.717, 1.165) is 4.57 Å². The molecule has 0 spiro atoms. The lowest BCUT2D eigenvalue weighted by molar-refractivity contribution is -0.114. The molecule has 2 aromatic carbocycles. The van der Waals surface area contributed by atoms with Gasteiger partial charge in [-0.05, 0) is 35.9 Å². The largest absolute Gasteiger partial charge is 0.477 e. The van der Waals surface area contributed by atoms with Crippen LogP contribution in [0.25, 0.3) is 27.5 Å². The van der Waals surface area contributed by atoms with E-state index in [4.69, 9.17) is 11.6 Å². The molecule has 3 aromatic heterocycles. The van der Waals surface area contributed by atoms with Crippen molar-refractivity contribution in [2.45, 2.75) is 13.5 Å². The lowest BCUT2D eigenvalue weighted by atomic mass is 10.2. The Balaban J connectivity index is 1.82. The number of aromatic nitrogens is 3. The molecule has 5 aromatic rings. The van der Waals surface area contributed by atoms with E-state index in [9.17, 15) is 24.3 Å². The minimum Gasteiger partial charge on any atom is -0.477 e. The summed E-state index contributed by atoms with van der Waals surface area (Å²) in [5, 5.41) is 17.1. The molecule has 11 heteroatoms. The van der Waals surface area contributed by atoms with Crippen molar-refractivity contribution >= 4 is 62.3 Å². The molecule has 0 bridgehead atoms. The number of nitrogens with one attached hydrogen (secondary N) is 2. The molecule has 0 saturated carbocycles. The van der Waals surface area contributed by atoms with E-state index >= 15 is 0 Å². The van der Waals surface area contributed by atoms with Gasteiger partial charge in [0, 0.05) is 40.3 Å². The molecule has 0 radical (unpaired) electrons. The smallest absolute Gasteiger partial charge is 0.354 e. The number of carbonyl (C=O) groups excluding carboxylic acids is 1. The minimum absolute atomic E-state index is 0.0626. The van der Waals surface area contributed by atoms with Gasteiger partial charge in [0.2, 0.25) is 5.91 Å². The third kappa shape index (κ3) is 3.92. The number of H-pyrrole nitrogens is 1. The van der Waals surface area contributed by atoms with Crippen LogP contribution in [0.3, 0.4) is 0 Å². The van der Waals surface area contributed by atoms with Crippen molar-refractivity contribution in [1.82, 2.24) is 14.1 Å². The van der Waals surface area contributed by atoms with Gasteiger partial charge in [-0.2, -0.15) is 0 Å². The first-order chi connectivity index (χ1) is 16.7. The molecule has 0 aliphatic carbocycles. The van der Waals surface area contributed by atoms with Crippen LogP contribution in [-0.2, 0) is 11.3 Å². The Hall–Kier alpha value is -4.15. The minimum atomic E-state index is -1.32. The first-order valence-corrected chi connectivity index (χ1v) is 11.7. The Bertz CT molecular complexity index is 1780. The van der Waals surface area contributed by atoms with Gasteiger partial charge in [0.1, 0.15) is 0 Å². The molecule has 0 aliphatic heterocycles. The number of rotatable bonds is 5. The molecular formula is C24H17ClN4O5S. The molecule has 3 heterocycles. The maximum absolute atomic E-state index is 13.3. The number of hydrogen-bond donors (Lipinski definition) is 3. The van der Waals surface area contributed by atoms with Crippen LogP contribution in [0.5, 0.6) is 0 Å². The van der Waals surface area contributed by atoms with Crippen LogP contribution < -0.4 is 16.6 Å². The molecule has 9 nitrogen and oxygen atoms in total. The predicted molar refractivity (Wildman–Crippen MR) is 135 cm³/mol. The zero-order valence-corrected chi connectivity index (χ0v) is 19.7. The van der Waals surface area contributed by atoms with E-state index in [0.29, 0.717) is 32.7 Å². The second kappa shape index (κ2) is 8.57. The number of anilines is 1. The number of aromatic amines is 1. The van der Waals surface area contributed by atoms with E-state index < -0.39 is 17.2 Å². The summed E-state index contributed by atoms with van der Waals surface area (Å²) >= 11 is 7.49. The first kappa shape index (κ1) is 22.6. The zero-order chi connectivity index (χ0) is 24.9. The maximum Gasteiger partial charge on any atom is 0.354 e. The number of carbonyl (C=O) groups is 2. The highest BCUT2D eigenvalue weighted by Crippen LogP contribution is 2.32. The molecule has 0 atom stereocenters. The fraction of sp³-hybridized carbons (Fsp3) is 0.0833. The van der Waals surface area contributed by atoms with Crippen LogP contribution in [0.4, 0.5) is 5.69 Å². The molecule has 0 saturated heterocycles. The van der Waals surface area contributed by atoms with Crippen LogP contribution in [0, 0.1) is 0 Å². The average molecular weight is 509 g/mol. The van der Waals surface area contributed by atoms with Gasteiger partial charge < -0.3 is 20.0 Å². The van der Waals surface area contributed by atoms with Crippen molar-refractivity contribution < 1.29 is 14.7 Å². The summed E-state index contributed by atoms with van der Waals surface area (Å²) in [6.45, 7) is 1.49.